The van der Waals surface area contributed by atoms with Crippen LogP contribution in [-0.4, -0.2) is 29.6 Å². The Morgan fingerprint density at radius 2 is 2.21 bits per heavy atom. The number of rotatable bonds is 3. The Hall–Kier alpha value is -0.870. The fourth-order valence-corrected chi connectivity index (χ4v) is 1.96. The highest BCUT2D eigenvalue weighted by molar-refractivity contribution is 5.06. The minimum absolute atomic E-state index is 0.614. The van der Waals surface area contributed by atoms with Crippen LogP contribution in [0.1, 0.15) is 30.3 Å². The SMILES string of the molecule is NCCc1cnc(C2CCNCC2)[nH]1. The zero-order chi connectivity index (χ0) is 9.80. The van der Waals surface area contributed by atoms with E-state index < -0.39 is 0 Å². The van der Waals surface area contributed by atoms with Gasteiger partial charge in [0.15, 0.2) is 0 Å². The predicted molar refractivity (Wildman–Crippen MR) is 56.2 cm³/mol. The summed E-state index contributed by atoms with van der Waals surface area (Å²) in [6, 6.07) is 0. The zero-order valence-corrected chi connectivity index (χ0v) is 8.42. The maximum Gasteiger partial charge on any atom is 0.109 e. The number of aromatic nitrogens is 2. The molecule has 1 aliphatic rings. The van der Waals surface area contributed by atoms with Gasteiger partial charge in [0.25, 0.3) is 0 Å². The van der Waals surface area contributed by atoms with Gasteiger partial charge in [0.2, 0.25) is 0 Å². The molecule has 1 aromatic heterocycles. The van der Waals surface area contributed by atoms with Crippen molar-refractivity contribution in [3.05, 3.63) is 17.7 Å². The Morgan fingerprint density at radius 1 is 1.43 bits per heavy atom. The molecule has 0 atom stereocenters. The lowest BCUT2D eigenvalue weighted by Crippen LogP contribution is -2.27. The molecule has 0 radical (unpaired) electrons. The molecule has 4 N–H and O–H groups in total. The van der Waals surface area contributed by atoms with E-state index in [-0.39, 0.29) is 0 Å². The van der Waals surface area contributed by atoms with Crippen molar-refractivity contribution in [3.63, 3.8) is 0 Å². The first-order valence-electron chi connectivity index (χ1n) is 5.34. The minimum Gasteiger partial charge on any atom is -0.346 e. The van der Waals surface area contributed by atoms with Crippen molar-refractivity contribution < 1.29 is 0 Å². The Labute approximate surface area is 84.3 Å². The topological polar surface area (TPSA) is 66.7 Å². The fraction of sp³-hybridized carbons (Fsp3) is 0.700. The van der Waals surface area contributed by atoms with Gasteiger partial charge in [-0.25, -0.2) is 4.98 Å². The molecule has 14 heavy (non-hydrogen) atoms. The second-order valence-corrected chi connectivity index (χ2v) is 3.86. The van der Waals surface area contributed by atoms with Gasteiger partial charge in [0, 0.05) is 24.2 Å². The molecule has 0 spiro atoms. The summed E-state index contributed by atoms with van der Waals surface area (Å²) in [5.41, 5.74) is 6.66. The molecule has 0 bridgehead atoms. The van der Waals surface area contributed by atoms with E-state index in [1.165, 1.54) is 18.5 Å². The summed E-state index contributed by atoms with van der Waals surface area (Å²) < 4.78 is 0. The molecule has 1 aromatic rings. The molecule has 0 saturated carbocycles. The third-order valence-corrected chi connectivity index (χ3v) is 2.79. The van der Waals surface area contributed by atoms with Crippen LogP contribution >= 0.6 is 0 Å². The van der Waals surface area contributed by atoms with Crippen LogP contribution in [0.15, 0.2) is 6.20 Å². The maximum absolute atomic E-state index is 5.49. The highest BCUT2D eigenvalue weighted by Gasteiger charge is 2.17. The number of nitrogens with one attached hydrogen (secondary N) is 2. The molecule has 2 heterocycles. The molecule has 4 heteroatoms. The average molecular weight is 194 g/mol. The van der Waals surface area contributed by atoms with E-state index in [2.05, 4.69) is 15.3 Å². The van der Waals surface area contributed by atoms with Gasteiger partial charge in [-0.05, 0) is 32.5 Å². The van der Waals surface area contributed by atoms with Crippen LogP contribution in [0.2, 0.25) is 0 Å². The van der Waals surface area contributed by atoms with Crippen LogP contribution in [0.5, 0.6) is 0 Å². The predicted octanol–water partition coefficient (Wildman–Crippen LogP) is 0.378. The average Bonchev–Trinajstić information content (AvgIpc) is 2.68. The van der Waals surface area contributed by atoms with Crippen LogP contribution in [0.4, 0.5) is 0 Å². The smallest absolute Gasteiger partial charge is 0.109 e. The summed E-state index contributed by atoms with van der Waals surface area (Å²) in [6.45, 7) is 2.91. The highest BCUT2D eigenvalue weighted by atomic mass is 14.9. The fourth-order valence-electron chi connectivity index (χ4n) is 1.96. The first-order chi connectivity index (χ1) is 6.90. The van der Waals surface area contributed by atoms with Crippen molar-refractivity contribution in [1.29, 1.82) is 0 Å². The standard InChI is InChI=1S/C10H18N4/c11-4-1-9-7-13-10(14-9)8-2-5-12-6-3-8/h7-8,12H,1-6,11H2,(H,13,14). The number of aromatic amines is 1. The van der Waals surface area contributed by atoms with Gasteiger partial charge in [-0.1, -0.05) is 0 Å². The van der Waals surface area contributed by atoms with Crippen molar-refractivity contribution in [2.24, 2.45) is 5.73 Å². The number of imidazole rings is 1. The molecule has 1 fully saturated rings. The van der Waals surface area contributed by atoms with Crippen molar-refractivity contribution in [2.45, 2.75) is 25.2 Å². The number of nitrogens with zero attached hydrogens (tertiary/aromatic N) is 1. The number of hydrogen-bond acceptors (Lipinski definition) is 3. The minimum atomic E-state index is 0.614. The van der Waals surface area contributed by atoms with Gasteiger partial charge in [-0.15, -0.1) is 0 Å². The van der Waals surface area contributed by atoms with Crippen molar-refractivity contribution in [3.8, 4) is 0 Å². The largest absolute Gasteiger partial charge is 0.346 e. The molecule has 0 unspecified atom stereocenters. The lowest BCUT2D eigenvalue weighted by Gasteiger charge is -2.20. The lowest BCUT2D eigenvalue weighted by atomic mass is 9.98. The third-order valence-electron chi connectivity index (χ3n) is 2.79. The molecule has 0 aromatic carbocycles. The van der Waals surface area contributed by atoms with Gasteiger partial charge >= 0.3 is 0 Å². The summed E-state index contributed by atoms with van der Waals surface area (Å²) in [7, 11) is 0. The second-order valence-electron chi connectivity index (χ2n) is 3.86. The summed E-state index contributed by atoms with van der Waals surface area (Å²) in [6.07, 6.45) is 5.20. The highest BCUT2D eigenvalue weighted by Crippen LogP contribution is 2.22. The lowest BCUT2D eigenvalue weighted by molar-refractivity contribution is 0.447. The van der Waals surface area contributed by atoms with Gasteiger partial charge in [0.1, 0.15) is 5.82 Å². The first-order valence-corrected chi connectivity index (χ1v) is 5.34. The van der Waals surface area contributed by atoms with Crippen LogP contribution in [0.3, 0.4) is 0 Å². The van der Waals surface area contributed by atoms with Crippen molar-refractivity contribution in [2.75, 3.05) is 19.6 Å². The molecule has 2 rings (SSSR count). The van der Waals surface area contributed by atoms with Crippen LogP contribution in [-0.2, 0) is 6.42 Å². The number of H-pyrrole nitrogens is 1. The summed E-state index contributed by atoms with van der Waals surface area (Å²) in [4.78, 5) is 7.78. The van der Waals surface area contributed by atoms with Gasteiger partial charge in [-0.3, -0.25) is 0 Å². The molecule has 78 valence electrons. The summed E-state index contributed by atoms with van der Waals surface area (Å²) >= 11 is 0. The molecule has 1 aliphatic heterocycles. The second kappa shape index (κ2) is 4.57. The van der Waals surface area contributed by atoms with E-state index in [0.717, 1.165) is 25.3 Å². The molecular formula is C10H18N4. The normalized spacial score (nSPS) is 18.6. The van der Waals surface area contributed by atoms with Gasteiger partial charge < -0.3 is 16.0 Å². The summed E-state index contributed by atoms with van der Waals surface area (Å²) in [5.74, 6) is 1.76. The first kappa shape index (κ1) is 9.68. The Balaban J connectivity index is 2.00. The Kier molecular flexibility index (Phi) is 3.16. The van der Waals surface area contributed by atoms with E-state index in [1.54, 1.807) is 0 Å². The van der Waals surface area contributed by atoms with Gasteiger partial charge in [-0.2, -0.15) is 0 Å². The van der Waals surface area contributed by atoms with Crippen LogP contribution < -0.4 is 11.1 Å². The van der Waals surface area contributed by atoms with Crippen molar-refractivity contribution in [1.82, 2.24) is 15.3 Å². The molecule has 0 amide bonds. The molecule has 4 nitrogen and oxygen atoms in total. The van der Waals surface area contributed by atoms with E-state index in [4.69, 9.17) is 5.73 Å². The van der Waals surface area contributed by atoms with Crippen LogP contribution in [0.25, 0.3) is 0 Å². The van der Waals surface area contributed by atoms with Crippen LogP contribution in [0, 0.1) is 0 Å². The Morgan fingerprint density at radius 3 is 2.93 bits per heavy atom. The quantitative estimate of drug-likeness (QED) is 0.651. The summed E-state index contributed by atoms with van der Waals surface area (Å²) in [5, 5.41) is 3.35. The molecule has 1 saturated heterocycles. The van der Waals surface area contributed by atoms with Gasteiger partial charge in [0.05, 0.1) is 0 Å². The number of nitrogens with two attached hydrogens (primary N) is 1. The number of piperidine rings is 1. The van der Waals surface area contributed by atoms with E-state index in [1.807, 2.05) is 6.20 Å². The van der Waals surface area contributed by atoms with E-state index in [0.29, 0.717) is 12.5 Å². The number of hydrogen-bond donors (Lipinski definition) is 3. The molecule has 0 aliphatic carbocycles. The monoisotopic (exact) mass is 194 g/mol. The molecular weight excluding hydrogens is 176 g/mol. The third kappa shape index (κ3) is 2.13. The zero-order valence-electron chi connectivity index (χ0n) is 8.42. The van der Waals surface area contributed by atoms with E-state index >= 15 is 0 Å². The maximum atomic E-state index is 5.49. The van der Waals surface area contributed by atoms with Crippen molar-refractivity contribution >= 4 is 0 Å². The van der Waals surface area contributed by atoms with E-state index in [9.17, 15) is 0 Å². The Bertz CT molecular complexity index is 275.